The molecule has 0 aliphatic carbocycles. The molecule has 0 aliphatic rings. The fourth-order valence-electron chi connectivity index (χ4n) is 2.35. The van der Waals surface area contributed by atoms with E-state index < -0.39 is 0 Å². The summed E-state index contributed by atoms with van der Waals surface area (Å²) in [5, 5.41) is 0. The van der Waals surface area contributed by atoms with Gasteiger partial charge in [0.15, 0.2) is 0 Å². The molecule has 0 saturated carbocycles. The zero-order chi connectivity index (χ0) is 13.8. The number of benzene rings is 2. The van der Waals surface area contributed by atoms with E-state index in [0.717, 1.165) is 5.56 Å². The van der Waals surface area contributed by atoms with E-state index in [1.165, 1.54) is 11.1 Å². The van der Waals surface area contributed by atoms with E-state index >= 15 is 0 Å². The summed E-state index contributed by atoms with van der Waals surface area (Å²) < 4.78 is 5.40. The molecule has 0 spiro atoms. The summed E-state index contributed by atoms with van der Waals surface area (Å²) in [4.78, 5) is 4.22. The van der Waals surface area contributed by atoms with E-state index in [-0.39, 0.29) is 5.92 Å². The van der Waals surface area contributed by atoms with Crippen LogP contribution in [0.4, 0.5) is 0 Å². The lowest BCUT2D eigenvalue weighted by Crippen LogP contribution is -2.14. The zero-order valence-corrected chi connectivity index (χ0v) is 11.1. The largest absolute Gasteiger partial charge is 0.448 e. The van der Waals surface area contributed by atoms with Crippen molar-refractivity contribution in [1.29, 1.82) is 0 Å². The molecule has 0 radical (unpaired) electrons. The molecule has 3 aromatic rings. The van der Waals surface area contributed by atoms with Crippen molar-refractivity contribution in [2.75, 3.05) is 6.54 Å². The molecule has 100 valence electrons. The topological polar surface area (TPSA) is 52.0 Å². The highest BCUT2D eigenvalue weighted by Crippen LogP contribution is 2.27. The molecule has 1 aromatic heterocycles. The molecule has 2 N–H and O–H groups in total. The summed E-state index contributed by atoms with van der Waals surface area (Å²) in [5.74, 6) is 0.659. The molecule has 2 aromatic carbocycles. The van der Waals surface area contributed by atoms with Crippen LogP contribution in [-0.2, 0) is 0 Å². The molecular formula is C17H16N2O. The van der Waals surface area contributed by atoms with Crippen molar-refractivity contribution in [2.24, 2.45) is 5.73 Å². The fourth-order valence-corrected chi connectivity index (χ4v) is 2.35. The van der Waals surface area contributed by atoms with Crippen LogP contribution in [0.5, 0.6) is 0 Å². The quantitative estimate of drug-likeness (QED) is 0.785. The average Bonchev–Trinajstić information content (AvgIpc) is 3.03. The Hall–Kier alpha value is -2.39. The van der Waals surface area contributed by atoms with Crippen LogP contribution in [0.3, 0.4) is 0 Å². The number of rotatable bonds is 4. The summed E-state index contributed by atoms with van der Waals surface area (Å²) in [6.45, 7) is 0.471. The maximum Gasteiger partial charge on any atom is 0.202 e. The van der Waals surface area contributed by atoms with E-state index in [2.05, 4.69) is 35.3 Å². The Morgan fingerprint density at radius 1 is 1.00 bits per heavy atom. The van der Waals surface area contributed by atoms with Crippen molar-refractivity contribution in [3.63, 3.8) is 0 Å². The highest BCUT2D eigenvalue weighted by molar-refractivity contribution is 5.64. The van der Waals surface area contributed by atoms with Gasteiger partial charge in [-0.05, 0) is 16.7 Å². The van der Waals surface area contributed by atoms with Crippen LogP contribution in [0, 0.1) is 0 Å². The van der Waals surface area contributed by atoms with Crippen LogP contribution in [-0.4, -0.2) is 11.5 Å². The Kier molecular flexibility index (Phi) is 3.61. The summed E-state index contributed by atoms with van der Waals surface area (Å²) in [6, 6.07) is 18.6. The standard InChI is InChI=1S/C17H16N2O/c18-12-16(17-19-9-10-20-17)15-8-4-7-14(11-15)13-5-2-1-3-6-13/h1-11,16H,12,18H2. The van der Waals surface area contributed by atoms with E-state index in [4.69, 9.17) is 10.2 Å². The SMILES string of the molecule is NCC(c1cccc(-c2ccccc2)c1)c1ncco1. The second kappa shape index (κ2) is 5.72. The highest BCUT2D eigenvalue weighted by atomic mass is 16.3. The smallest absolute Gasteiger partial charge is 0.202 e. The van der Waals surface area contributed by atoms with E-state index in [1.807, 2.05) is 24.3 Å². The number of nitrogens with two attached hydrogens (primary N) is 1. The van der Waals surface area contributed by atoms with Crippen LogP contribution >= 0.6 is 0 Å². The zero-order valence-electron chi connectivity index (χ0n) is 11.1. The van der Waals surface area contributed by atoms with Gasteiger partial charge in [0.1, 0.15) is 6.26 Å². The van der Waals surface area contributed by atoms with Crippen molar-refractivity contribution in [2.45, 2.75) is 5.92 Å². The van der Waals surface area contributed by atoms with Gasteiger partial charge in [0.2, 0.25) is 5.89 Å². The normalized spacial score (nSPS) is 12.2. The Morgan fingerprint density at radius 2 is 1.80 bits per heavy atom. The van der Waals surface area contributed by atoms with E-state index in [9.17, 15) is 0 Å². The van der Waals surface area contributed by atoms with Gasteiger partial charge in [-0.2, -0.15) is 0 Å². The maximum atomic E-state index is 5.88. The molecule has 0 bridgehead atoms. The molecule has 1 unspecified atom stereocenters. The van der Waals surface area contributed by atoms with Crippen LogP contribution in [0.2, 0.25) is 0 Å². The predicted octanol–water partition coefficient (Wildman–Crippen LogP) is 3.43. The second-order valence-corrected chi connectivity index (χ2v) is 4.65. The number of hydrogen-bond acceptors (Lipinski definition) is 3. The Labute approximate surface area is 118 Å². The third-order valence-corrected chi connectivity index (χ3v) is 3.38. The molecule has 0 aliphatic heterocycles. The summed E-state index contributed by atoms with van der Waals surface area (Å²) in [6.07, 6.45) is 3.23. The van der Waals surface area contributed by atoms with Crippen molar-refractivity contribution < 1.29 is 4.42 Å². The van der Waals surface area contributed by atoms with Crippen LogP contribution in [0.25, 0.3) is 11.1 Å². The van der Waals surface area contributed by atoms with Gasteiger partial charge in [0.05, 0.1) is 12.1 Å². The van der Waals surface area contributed by atoms with Gasteiger partial charge in [-0.25, -0.2) is 4.98 Å². The first-order valence-electron chi connectivity index (χ1n) is 6.63. The van der Waals surface area contributed by atoms with E-state index in [0.29, 0.717) is 12.4 Å². The Morgan fingerprint density at radius 3 is 2.50 bits per heavy atom. The monoisotopic (exact) mass is 264 g/mol. The number of nitrogens with zero attached hydrogens (tertiary/aromatic N) is 1. The minimum absolute atomic E-state index is 0.00587. The second-order valence-electron chi connectivity index (χ2n) is 4.65. The molecule has 1 atom stereocenters. The number of oxazole rings is 1. The van der Waals surface area contributed by atoms with E-state index in [1.54, 1.807) is 12.5 Å². The van der Waals surface area contributed by atoms with Gasteiger partial charge in [0, 0.05) is 6.54 Å². The van der Waals surface area contributed by atoms with Gasteiger partial charge >= 0.3 is 0 Å². The lowest BCUT2D eigenvalue weighted by molar-refractivity contribution is 0.472. The highest BCUT2D eigenvalue weighted by Gasteiger charge is 2.17. The summed E-state index contributed by atoms with van der Waals surface area (Å²) >= 11 is 0. The average molecular weight is 264 g/mol. The van der Waals surface area contributed by atoms with Gasteiger partial charge in [-0.3, -0.25) is 0 Å². The van der Waals surface area contributed by atoms with Crippen molar-refractivity contribution in [3.8, 4) is 11.1 Å². The van der Waals surface area contributed by atoms with Crippen LogP contribution < -0.4 is 5.73 Å². The lowest BCUT2D eigenvalue weighted by atomic mass is 9.95. The first-order chi connectivity index (χ1) is 9.88. The van der Waals surface area contributed by atoms with Crippen molar-refractivity contribution in [3.05, 3.63) is 78.5 Å². The number of hydrogen-bond donors (Lipinski definition) is 1. The molecule has 0 fully saturated rings. The first kappa shape index (κ1) is 12.6. The molecule has 20 heavy (non-hydrogen) atoms. The molecule has 0 saturated heterocycles. The third kappa shape index (κ3) is 2.49. The molecule has 1 heterocycles. The molecule has 3 rings (SSSR count). The third-order valence-electron chi connectivity index (χ3n) is 3.38. The van der Waals surface area contributed by atoms with Crippen LogP contribution in [0.1, 0.15) is 17.4 Å². The predicted molar refractivity (Wildman–Crippen MR) is 79.3 cm³/mol. The molecule has 0 amide bonds. The minimum Gasteiger partial charge on any atom is -0.448 e. The summed E-state index contributed by atoms with van der Waals surface area (Å²) in [7, 11) is 0. The fraction of sp³-hybridized carbons (Fsp3) is 0.118. The van der Waals surface area contributed by atoms with Crippen molar-refractivity contribution >= 4 is 0 Å². The lowest BCUT2D eigenvalue weighted by Gasteiger charge is -2.13. The maximum absolute atomic E-state index is 5.88. The number of aromatic nitrogens is 1. The molecular weight excluding hydrogens is 248 g/mol. The Balaban J connectivity index is 1.99. The molecule has 3 nitrogen and oxygen atoms in total. The molecule has 3 heteroatoms. The first-order valence-corrected chi connectivity index (χ1v) is 6.63. The van der Waals surface area contributed by atoms with Crippen LogP contribution in [0.15, 0.2) is 71.5 Å². The van der Waals surface area contributed by atoms with Gasteiger partial charge in [-0.1, -0.05) is 54.6 Å². The summed E-state index contributed by atoms with van der Waals surface area (Å²) in [5.41, 5.74) is 9.37. The Bertz CT molecular complexity index is 662. The van der Waals surface area contributed by atoms with Crippen molar-refractivity contribution in [1.82, 2.24) is 4.98 Å². The van der Waals surface area contributed by atoms with Gasteiger partial charge in [0.25, 0.3) is 0 Å². The minimum atomic E-state index is -0.00587. The van der Waals surface area contributed by atoms with Gasteiger partial charge < -0.3 is 10.2 Å². The van der Waals surface area contributed by atoms with Gasteiger partial charge in [-0.15, -0.1) is 0 Å².